The van der Waals surface area contributed by atoms with Crippen molar-refractivity contribution in [3.8, 4) is 0 Å². The van der Waals surface area contributed by atoms with Gasteiger partial charge in [0.1, 0.15) is 5.69 Å². The zero-order chi connectivity index (χ0) is 22.1. The molecule has 3 rings (SSSR count). The van der Waals surface area contributed by atoms with Gasteiger partial charge in [-0.1, -0.05) is 0 Å². The first kappa shape index (κ1) is 22.3. The summed E-state index contributed by atoms with van der Waals surface area (Å²) in [5.74, 6) is -0.450. The lowest BCUT2D eigenvalue weighted by Gasteiger charge is -2.32. The lowest BCUT2D eigenvalue weighted by molar-refractivity contribution is -0.151. The predicted molar refractivity (Wildman–Crippen MR) is 112 cm³/mol. The van der Waals surface area contributed by atoms with Gasteiger partial charge in [-0.2, -0.15) is 5.10 Å². The number of carbonyl (C=O) groups is 3. The van der Waals surface area contributed by atoms with E-state index < -0.39 is 0 Å². The molecule has 0 bridgehead atoms. The molecule has 2 fully saturated rings. The van der Waals surface area contributed by atoms with Gasteiger partial charge in [0.15, 0.2) is 0 Å². The Kier molecular flexibility index (Phi) is 6.53. The molecule has 8 heteroatoms. The van der Waals surface area contributed by atoms with Crippen LogP contribution in [-0.2, 0) is 19.9 Å². The number of ether oxygens (including phenoxy) is 1. The van der Waals surface area contributed by atoms with E-state index in [1.165, 1.54) is 4.90 Å². The van der Waals surface area contributed by atoms with Crippen molar-refractivity contribution in [3.63, 3.8) is 0 Å². The van der Waals surface area contributed by atoms with E-state index in [0.717, 1.165) is 31.4 Å². The second-order valence-corrected chi connectivity index (χ2v) is 9.40. The minimum Gasteiger partial charge on any atom is -0.466 e. The van der Waals surface area contributed by atoms with E-state index in [1.807, 2.05) is 26.8 Å². The summed E-state index contributed by atoms with van der Waals surface area (Å²) >= 11 is 0. The number of piperidine rings is 1. The summed E-state index contributed by atoms with van der Waals surface area (Å²) in [6, 6.07) is 1.88. The molecule has 0 N–H and O–H groups in total. The molecule has 1 saturated carbocycles. The zero-order valence-electron chi connectivity index (χ0n) is 18.8. The van der Waals surface area contributed by atoms with Crippen LogP contribution in [0.1, 0.15) is 75.5 Å². The van der Waals surface area contributed by atoms with Crippen LogP contribution >= 0.6 is 0 Å². The van der Waals surface area contributed by atoms with Crippen molar-refractivity contribution in [2.75, 3.05) is 33.3 Å². The van der Waals surface area contributed by atoms with Crippen molar-refractivity contribution < 1.29 is 19.1 Å². The maximum absolute atomic E-state index is 13.2. The number of nitrogens with zero attached hydrogens (tertiary/aromatic N) is 4. The minimum atomic E-state index is -0.331. The largest absolute Gasteiger partial charge is 0.466 e. The number of hydrogen-bond donors (Lipinski definition) is 0. The Morgan fingerprint density at radius 3 is 2.53 bits per heavy atom. The number of carbonyl (C=O) groups excluding carboxylic acids is 3. The number of amides is 2. The maximum atomic E-state index is 13.2. The molecule has 1 unspecified atom stereocenters. The number of likely N-dealkylation sites (N-methyl/N-ethyl adjacent to an activating group) is 1. The van der Waals surface area contributed by atoms with Gasteiger partial charge in [0.25, 0.3) is 5.91 Å². The highest BCUT2D eigenvalue weighted by atomic mass is 16.5. The fourth-order valence-electron chi connectivity index (χ4n) is 3.87. The Balaban J connectivity index is 1.67. The van der Waals surface area contributed by atoms with Gasteiger partial charge >= 0.3 is 5.97 Å². The highest BCUT2D eigenvalue weighted by molar-refractivity contribution is 5.95. The SMILES string of the molecule is CCOC(=O)C1CCCN(C(=O)CN(C)C(=O)c2cc(C3CC3)nn2C(C)(C)C)C1. The molecule has 2 amide bonds. The van der Waals surface area contributed by atoms with Gasteiger partial charge in [-0.15, -0.1) is 0 Å². The molecule has 0 radical (unpaired) electrons. The Hall–Kier alpha value is -2.38. The average molecular weight is 419 g/mol. The van der Waals surface area contributed by atoms with Crippen LogP contribution in [0.15, 0.2) is 6.07 Å². The average Bonchev–Trinajstić information content (AvgIpc) is 3.44. The maximum Gasteiger partial charge on any atom is 0.310 e. The van der Waals surface area contributed by atoms with E-state index in [2.05, 4.69) is 5.10 Å². The molecule has 8 nitrogen and oxygen atoms in total. The number of rotatable bonds is 6. The van der Waals surface area contributed by atoms with Gasteiger partial charge in [0, 0.05) is 26.1 Å². The topological polar surface area (TPSA) is 84.7 Å². The van der Waals surface area contributed by atoms with E-state index >= 15 is 0 Å². The van der Waals surface area contributed by atoms with E-state index in [1.54, 1.807) is 23.6 Å². The summed E-state index contributed by atoms with van der Waals surface area (Å²) in [5, 5.41) is 4.69. The second kappa shape index (κ2) is 8.78. The number of likely N-dealkylation sites (tertiary alicyclic amines) is 1. The molecule has 0 aromatic carbocycles. The van der Waals surface area contributed by atoms with Crippen LogP contribution in [0.25, 0.3) is 0 Å². The van der Waals surface area contributed by atoms with Gasteiger partial charge in [0.2, 0.25) is 5.91 Å². The van der Waals surface area contributed by atoms with Crippen LogP contribution in [0.4, 0.5) is 0 Å². The molecule has 1 aromatic rings. The Morgan fingerprint density at radius 2 is 1.93 bits per heavy atom. The third-order valence-electron chi connectivity index (χ3n) is 5.69. The molecule has 166 valence electrons. The summed E-state index contributed by atoms with van der Waals surface area (Å²) in [5.41, 5.74) is 1.15. The van der Waals surface area contributed by atoms with Crippen molar-refractivity contribution in [3.05, 3.63) is 17.5 Å². The lowest BCUT2D eigenvalue weighted by atomic mass is 9.98. The van der Waals surface area contributed by atoms with Crippen LogP contribution in [0.2, 0.25) is 0 Å². The molecular formula is C22H34N4O4. The Morgan fingerprint density at radius 1 is 1.23 bits per heavy atom. The van der Waals surface area contributed by atoms with Crippen molar-refractivity contribution >= 4 is 17.8 Å². The summed E-state index contributed by atoms with van der Waals surface area (Å²) in [6.45, 7) is 9.09. The van der Waals surface area contributed by atoms with Crippen LogP contribution < -0.4 is 0 Å². The highest BCUT2D eigenvalue weighted by Gasteiger charge is 2.34. The van der Waals surface area contributed by atoms with E-state index in [-0.39, 0.29) is 35.8 Å². The van der Waals surface area contributed by atoms with Crippen molar-refractivity contribution in [2.24, 2.45) is 5.92 Å². The molecular weight excluding hydrogens is 384 g/mol. The first-order chi connectivity index (χ1) is 14.1. The summed E-state index contributed by atoms with van der Waals surface area (Å²) in [6.07, 6.45) is 3.71. The first-order valence-corrected chi connectivity index (χ1v) is 10.9. The summed E-state index contributed by atoms with van der Waals surface area (Å²) in [7, 11) is 1.64. The van der Waals surface area contributed by atoms with Crippen molar-refractivity contribution in [1.82, 2.24) is 19.6 Å². The molecule has 30 heavy (non-hydrogen) atoms. The van der Waals surface area contributed by atoms with Gasteiger partial charge in [-0.3, -0.25) is 19.1 Å². The minimum absolute atomic E-state index is 0.0253. The number of aromatic nitrogens is 2. The summed E-state index contributed by atoms with van der Waals surface area (Å²) < 4.78 is 6.89. The molecule has 1 saturated heterocycles. The Bertz CT molecular complexity index is 807. The molecule has 1 aromatic heterocycles. The van der Waals surface area contributed by atoms with Crippen LogP contribution in [0.3, 0.4) is 0 Å². The first-order valence-electron chi connectivity index (χ1n) is 10.9. The standard InChI is InChI=1S/C22H34N4O4/c1-6-30-21(29)16-8-7-11-25(13-16)19(27)14-24(5)20(28)18-12-17(15-9-10-15)23-26(18)22(2,3)4/h12,15-16H,6-11,13-14H2,1-5H3. The molecule has 1 aliphatic heterocycles. The lowest BCUT2D eigenvalue weighted by Crippen LogP contribution is -2.47. The van der Waals surface area contributed by atoms with Crippen molar-refractivity contribution in [1.29, 1.82) is 0 Å². The van der Waals surface area contributed by atoms with Gasteiger partial charge in [0.05, 0.1) is 30.3 Å². The monoisotopic (exact) mass is 418 g/mol. The third-order valence-corrected chi connectivity index (χ3v) is 5.69. The normalized spacial score (nSPS) is 19.5. The highest BCUT2D eigenvalue weighted by Crippen LogP contribution is 2.40. The predicted octanol–water partition coefficient (Wildman–Crippen LogP) is 2.39. The van der Waals surface area contributed by atoms with Crippen molar-refractivity contribution in [2.45, 2.75) is 64.8 Å². The molecule has 0 spiro atoms. The Labute approximate surface area is 178 Å². The third kappa shape index (κ3) is 5.02. The van der Waals surface area contributed by atoms with E-state index in [9.17, 15) is 14.4 Å². The number of hydrogen-bond acceptors (Lipinski definition) is 5. The van der Waals surface area contributed by atoms with Gasteiger partial charge in [-0.05, 0) is 59.4 Å². The molecule has 1 atom stereocenters. The quantitative estimate of drug-likeness (QED) is 0.662. The smallest absolute Gasteiger partial charge is 0.310 e. The van der Waals surface area contributed by atoms with Gasteiger partial charge in [-0.25, -0.2) is 0 Å². The molecule has 2 aliphatic rings. The molecule has 2 heterocycles. The fraction of sp³-hybridized carbons (Fsp3) is 0.727. The van der Waals surface area contributed by atoms with E-state index in [0.29, 0.717) is 31.3 Å². The summed E-state index contributed by atoms with van der Waals surface area (Å²) in [4.78, 5) is 41.2. The fourth-order valence-corrected chi connectivity index (χ4v) is 3.87. The van der Waals surface area contributed by atoms with Gasteiger partial charge < -0.3 is 14.5 Å². The van der Waals surface area contributed by atoms with E-state index in [4.69, 9.17) is 4.74 Å². The second-order valence-electron chi connectivity index (χ2n) is 9.40. The molecule has 1 aliphatic carbocycles. The van der Waals surface area contributed by atoms with Crippen LogP contribution in [-0.4, -0.2) is 70.7 Å². The zero-order valence-corrected chi connectivity index (χ0v) is 18.8. The van der Waals surface area contributed by atoms with Crippen LogP contribution in [0.5, 0.6) is 0 Å². The van der Waals surface area contributed by atoms with Crippen LogP contribution in [0, 0.1) is 5.92 Å². The number of esters is 1.